The molecule has 3 nitrogen and oxygen atoms in total. The zero-order valence-corrected chi connectivity index (χ0v) is 23.5. The van der Waals surface area contributed by atoms with Gasteiger partial charge in [0.25, 0.3) is 0 Å². The van der Waals surface area contributed by atoms with Crippen molar-refractivity contribution in [2.45, 2.75) is 110 Å². The van der Waals surface area contributed by atoms with Gasteiger partial charge in [-0.3, -0.25) is 4.79 Å². The minimum Gasteiger partial charge on any atom is -0.491 e. The molecule has 0 heterocycles. The summed E-state index contributed by atoms with van der Waals surface area (Å²) in [6.07, 6.45) is 16.6. The van der Waals surface area contributed by atoms with Gasteiger partial charge >= 0.3 is 5.97 Å². The third kappa shape index (κ3) is 13.2. The molecular weight excluding hydrogens is 500 g/mol. The quantitative estimate of drug-likeness (QED) is 0.0763. The molecular formula is C31H45BrO3. The summed E-state index contributed by atoms with van der Waals surface area (Å²) in [7, 11) is 0. The maximum Gasteiger partial charge on any atom is 0.311 e. The molecule has 0 radical (unpaired) electrons. The lowest BCUT2D eigenvalue weighted by Gasteiger charge is -2.15. The maximum absolute atomic E-state index is 12.2. The summed E-state index contributed by atoms with van der Waals surface area (Å²) in [5.41, 5.74) is 2.22. The lowest BCUT2D eigenvalue weighted by molar-refractivity contribution is -0.134. The van der Waals surface area contributed by atoms with Gasteiger partial charge in [-0.05, 0) is 68.0 Å². The third-order valence-corrected chi connectivity index (χ3v) is 6.90. The van der Waals surface area contributed by atoms with Gasteiger partial charge in [0.05, 0.1) is 6.10 Å². The maximum atomic E-state index is 12.2. The Labute approximate surface area is 222 Å². The standard InChI is InChI=1S/C31H45BrO3/c1-3-4-5-12-15-26(2)34-29-21-17-27(18-22-29)28-19-23-30(24-20-28)35-31(33)16-13-10-8-6-7-9-11-14-25-32/h17-24,26H,3-16,25H2,1-2H3. The minimum atomic E-state index is -0.139. The first-order valence-electron chi connectivity index (χ1n) is 13.8. The number of ether oxygens (including phenoxy) is 2. The van der Waals surface area contributed by atoms with E-state index < -0.39 is 0 Å². The second-order valence-electron chi connectivity index (χ2n) is 9.57. The monoisotopic (exact) mass is 544 g/mol. The number of hydrogen-bond acceptors (Lipinski definition) is 3. The van der Waals surface area contributed by atoms with Crippen LogP contribution >= 0.6 is 15.9 Å². The Balaban J connectivity index is 1.67. The number of halogens is 1. The molecule has 0 fully saturated rings. The normalized spacial score (nSPS) is 11.9. The number of alkyl halides is 1. The molecule has 1 unspecified atom stereocenters. The van der Waals surface area contributed by atoms with Crippen LogP contribution in [0.4, 0.5) is 0 Å². The molecule has 1 atom stereocenters. The molecule has 0 N–H and O–H groups in total. The number of benzene rings is 2. The molecule has 35 heavy (non-hydrogen) atoms. The van der Waals surface area contributed by atoms with Crippen LogP contribution in [-0.4, -0.2) is 17.4 Å². The number of unbranched alkanes of at least 4 members (excludes halogenated alkanes) is 10. The Morgan fingerprint density at radius 1 is 0.714 bits per heavy atom. The van der Waals surface area contributed by atoms with E-state index in [2.05, 4.69) is 41.9 Å². The Hall–Kier alpha value is -1.81. The fraction of sp³-hybridized carbons (Fsp3) is 0.581. The van der Waals surface area contributed by atoms with Crippen molar-refractivity contribution in [1.29, 1.82) is 0 Å². The van der Waals surface area contributed by atoms with Crippen LogP contribution in [0, 0.1) is 0 Å². The number of carbonyl (C=O) groups excluding carboxylic acids is 1. The van der Waals surface area contributed by atoms with Crippen LogP contribution < -0.4 is 9.47 Å². The average Bonchev–Trinajstić information content (AvgIpc) is 2.87. The average molecular weight is 546 g/mol. The summed E-state index contributed by atoms with van der Waals surface area (Å²) in [5.74, 6) is 1.39. The molecule has 2 aromatic carbocycles. The highest BCUT2D eigenvalue weighted by Gasteiger charge is 2.07. The van der Waals surface area contributed by atoms with Gasteiger partial charge in [-0.2, -0.15) is 0 Å². The first-order chi connectivity index (χ1) is 17.1. The van der Waals surface area contributed by atoms with Crippen LogP contribution in [0.25, 0.3) is 11.1 Å². The molecule has 0 aromatic heterocycles. The Bertz CT molecular complexity index is 801. The van der Waals surface area contributed by atoms with E-state index in [1.165, 1.54) is 64.2 Å². The molecule has 0 aliphatic carbocycles. The summed E-state index contributed by atoms with van der Waals surface area (Å²) in [6, 6.07) is 16.0. The molecule has 0 aliphatic heterocycles. The van der Waals surface area contributed by atoms with Crippen molar-refractivity contribution < 1.29 is 14.3 Å². The smallest absolute Gasteiger partial charge is 0.311 e. The molecule has 194 valence electrons. The van der Waals surface area contributed by atoms with Gasteiger partial charge in [0.1, 0.15) is 11.5 Å². The molecule has 0 saturated heterocycles. The lowest BCUT2D eigenvalue weighted by atomic mass is 10.1. The number of carbonyl (C=O) groups is 1. The zero-order chi connectivity index (χ0) is 25.1. The van der Waals surface area contributed by atoms with E-state index in [0.29, 0.717) is 12.2 Å². The Kier molecular flexibility index (Phi) is 15.5. The Morgan fingerprint density at radius 3 is 1.80 bits per heavy atom. The predicted octanol–water partition coefficient (Wildman–Crippen LogP) is 9.90. The van der Waals surface area contributed by atoms with Crippen molar-refractivity contribution >= 4 is 21.9 Å². The molecule has 0 saturated carbocycles. The van der Waals surface area contributed by atoms with Crippen LogP contribution in [-0.2, 0) is 4.79 Å². The highest BCUT2D eigenvalue weighted by atomic mass is 79.9. The lowest BCUT2D eigenvalue weighted by Crippen LogP contribution is -2.11. The molecule has 0 aliphatic rings. The highest BCUT2D eigenvalue weighted by Crippen LogP contribution is 2.26. The van der Waals surface area contributed by atoms with Crippen molar-refractivity contribution in [2.24, 2.45) is 0 Å². The highest BCUT2D eigenvalue weighted by molar-refractivity contribution is 9.09. The third-order valence-electron chi connectivity index (χ3n) is 6.34. The molecule has 2 rings (SSSR count). The first kappa shape index (κ1) is 29.4. The largest absolute Gasteiger partial charge is 0.491 e. The molecule has 4 heteroatoms. The van der Waals surface area contributed by atoms with Crippen molar-refractivity contribution in [3.8, 4) is 22.6 Å². The van der Waals surface area contributed by atoms with Gasteiger partial charge < -0.3 is 9.47 Å². The van der Waals surface area contributed by atoms with Crippen molar-refractivity contribution in [1.82, 2.24) is 0 Å². The number of rotatable bonds is 19. The van der Waals surface area contributed by atoms with Gasteiger partial charge in [0.15, 0.2) is 0 Å². The van der Waals surface area contributed by atoms with Crippen LogP contribution in [0.2, 0.25) is 0 Å². The van der Waals surface area contributed by atoms with Crippen molar-refractivity contribution in [2.75, 3.05) is 5.33 Å². The Morgan fingerprint density at radius 2 is 1.23 bits per heavy atom. The van der Waals surface area contributed by atoms with E-state index in [9.17, 15) is 4.79 Å². The van der Waals surface area contributed by atoms with E-state index in [4.69, 9.17) is 9.47 Å². The zero-order valence-electron chi connectivity index (χ0n) is 21.9. The molecule has 0 bridgehead atoms. The first-order valence-corrected chi connectivity index (χ1v) is 14.9. The van der Waals surface area contributed by atoms with E-state index in [-0.39, 0.29) is 12.1 Å². The molecule has 2 aromatic rings. The van der Waals surface area contributed by atoms with E-state index >= 15 is 0 Å². The summed E-state index contributed by atoms with van der Waals surface area (Å²) in [4.78, 5) is 12.2. The summed E-state index contributed by atoms with van der Waals surface area (Å²) in [5, 5.41) is 1.11. The van der Waals surface area contributed by atoms with Crippen molar-refractivity contribution in [3.05, 3.63) is 48.5 Å². The second-order valence-corrected chi connectivity index (χ2v) is 10.4. The summed E-state index contributed by atoms with van der Waals surface area (Å²) in [6.45, 7) is 4.38. The van der Waals surface area contributed by atoms with Gasteiger partial charge in [0.2, 0.25) is 0 Å². The number of hydrogen-bond donors (Lipinski definition) is 0. The van der Waals surface area contributed by atoms with Crippen LogP contribution in [0.5, 0.6) is 11.5 Å². The fourth-order valence-electron chi connectivity index (χ4n) is 4.20. The van der Waals surface area contributed by atoms with E-state index in [1.54, 1.807) is 0 Å². The van der Waals surface area contributed by atoms with Crippen LogP contribution in [0.1, 0.15) is 104 Å². The van der Waals surface area contributed by atoms with Crippen LogP contribution in [0.3, 0.4) is 0 Å². The topological polar surface area (TPSA) is 35.5 Å². The van der Waals surface area contributed by atoms with Gasteiger partial charge in [-0.1, -0.05) is 105 Å². The van der Waals surface area contributed by atoms with Crippen molar-refractivity contribution in [3.63, 3.8) is 0 Å². The van der Waals surface area contributed by atoms with Gasteiger partial charge in [0, 0.05) is 11.8 Å². The SMILES string of the molecule is CCCCCCC(C)Oc1ccc(-c2ccc(OC(=O)CCCCCCCCCCBr)cc2)cc1. The number of esters is 1. The fourth-order valence-corrected chi connectivity index (χ4v) is 4.59. The van der Waals surface area contributed by atoms with Gasteiger partial charge in [-0.25, -0.2) is 0 Å². The van der Waals surface area contributed by atoms with Crippen LogP contribution in [0.15, 0.2) is 48.5 Å². The second kappa shape index (κ2) is 18.5. The van der Waals surface area contributed by atoms with E-state index in [1.807, 2.05) is 36.4 Å². The van der Waals surface area contributed by atoms with Gasteiger partial charge in [-0.15, -0.1) is 0 Å². The molecule has 0 spiro atoms. The predicted molar refractivity (Wildman–Crippen MR) is 152 cm³/mol. The summed E-state index contributed by atoms with van der Waals surface area (Å²) >= 11 is 3.47. The summed E-state index contributed by atoms with van der Waals surface area (Å²) < 4.78 is 11.6. The minimum absolute atomic E-state index is 0.139. The van der Waals surface area contributed by atoms with E-state index in [0.717, 1.165) is 41.5 Å². The molecule has 0 amide bonds.